The van der Waals surface area contributed by atoms with Crippen LogP contribution >= 0.6 is 0 Å². The van der Waals surface area contributed by atoms with E-state index in [1.165, 1.54) is 0 Å². The smallest absolute Gasteiger partial charge is 0.410 e. The van der Waals surface area contributed by atoms with E-state index >= 15 is 0 Å². The highest BCUT2D eigenvalue weighted by atomic mass is 16.6. The summed E-state index contributed by atoms with van der Waals surface area (Å²) in [4.78, 5) is 24.6. The molecule has 1 fully saturated rings. The SMILES string of the molecule is CCC1(C)CC(C=O)N(C(=O)OC(C)(C)C)C1. The molecule has 1 heterocycles. The molecule has 2 atom stereocenters. The molecule has 0 aromatic heterocycles. The van der Waals surface area contributed by atoms with Crippen LogP contribution in [0.25, 0.3) is 0 Å². The van der Waals surface area contributed by atoms with E-state index in [9.17, 15) is 9.59 Å². The van der Waals surface area contributed by atoms with Gasteiger partial charge in [0.2, 0.25) is 0 Å². The van der Waals surface area contributed by atoms with Crippen LogP contribution in [0.3, 0.4) is 0 Å². The molecule has 4 heteroatoms. The van der Waals surface area contributed by atoms with Crippen molar-refractivity contribution in [2.75, 3.05) is 6.54 Å². The summed E-state index contributed by atoms with van der Waals surface area (Å²) in [5, 5.41) is 0. The lowest BCUT2D eigenvalue weighted by Crippen LogP contribution is -2.41. The molecule has 1 saturated heterocycles. The first-order valence-corrected chi connectivity index (χ1v) is 6.16. The number of rotatable bonds is 2. The maximum atomic E-state index is 12.0. The lowest BCUT2D eigenvalue weighted by atomic mass is 9.85. The molecule has 0 spiro atoms. The van der Waals surface area contributed by atoms with Gasteiger partial charge in [0, 0.05) is 6.54 Å². The van der Waals surface area contributed by atoms with Gasteiger partial charge in [-0.2, -0.15) is 0 Å². The summed E-state index contributed by atoms with van der Waals surface area (Å²) in [6.45, 7) is 10.3. The summed E-state index contributed by atoms with van der Waals surface area (Å²) >= 11 is 0. The first kappa shape index (κ1) is 14.0. The Labute approximate surface area is 103 Å². The number of ether oxygens (including phenoxy) is 1. The first-order valence-electron chi connectivity index (χ1n) is 6.16. The van der Waals surface area contributed by atoms with Crippen molar-refractivity contribution >= 4 is 12.4 Å². The summed E-state index contributed by atoms with van der Waals surface area (Å²) in [5.41, 5.74) is -0.488. The lowest BCUT2D eigenvalue weighted by Gasteiger charge is -2.27. The molecule has 1 rings (SSSR count). The standard InChI is InChI=1S/C13H23NO3/c1-6-13(5)7-10(8-15)14(9-13)11(16)17-12(2,3)4/h8,10H,6-7,9H2,1-5H3. The van der Waals surface area contributed by atoms with Gasteiger partial charge < -0.3 is 9.53 Å². The van der Waals surface area contributed by atoms with Crippen molar-refractivity contribution in [3.05, 3.63) is 0 Å². The Kier molecular flexibility index (Phi) is 3.84. The second kappa shape index (κ2) is 4.67. The summed E-state index contributed by atoms with van der Waals surface area (Å²) in [7, 11) is 0. The van der Waals surface area contributed by atoms with Gasteiger partial charge in [-0.15, -0.1) is 0 Å². The molecule has 0 aromatic rings. The fraction of sp³-hybridized carbons (Fsp3) is 0.846. The van der Waals surface area contributed by atoms with Gasteiger partial charge in [0.05, 0.1) is 6.04 Å². The largest absolute Gasteiger partial charge is 0.444 e. The Balaban J connectivity index is 2.76. The molecule has 1 amide bonds. The molecular formula is C13H23NO3. The van der Waals surface area contributed by atoms with Gasteiger partial charge in [-0.1, -0.05) is 13.8 Å². The summed E-state index contributed by atoms with van der Waals surface area (Å²) in [6, 6.07) is -0.338. The minimum atomic E-state index is -0.518. The van der Waals surface area contributed by atoms with E-state index in [0.717, 1.165) is 19.1 Å². The van der Waals surface area contributed by atoms with Gasteiger partial charge in [-0.05, 0) is 39.0 Å². The maximum Gasteiger partial charge on any atom is 0.410 e. The number of nitrogens with zero attached hydrogens (tertiary/aromatic N) is 1. The fourth-order valence-electron chi connectivity index (χ4n) is 2.11. The average molecular weight is 241 g/mol. The molecule has 98 valence electrons. The molecule has 2 unspecified atom stereocenters. The Morgan fingerprint density at radius 3 is 2.53 bits per heavy atom. The second-order valence-corrected chi connectivity index (χ2v) is 6.18. The molecule has 0 bridgehead atoms. The third-order valence-electron chi connectivity index (χ3n) is 3.29. The molecule has 0 saturated carbocycles. The van der Waals surface area contributed by atoms with Crippen molar-refractivity contribution in [2.45, 2.75) is 59.1 Å². The quantitative estimate of drug-likeness (QED) is 0.698. The molecule has 17 heavy (non-hydrogen) atoms. The second-order valence-electron chi connectivity index (χ2n) is 6.18. The third-order valence-corrected chi connectivity index (χ3v) is 3.29. The van der Waals surface area contributed by atoms with Crippen molar-refractivity contribution in [2.24, 2.45) is 5.41 Å². The van der Waals surface area contributed by atoms with Crippen LogP contribution in [0.4, 0.5) is 4.79 Å². The first-order chi connectivity index (χ1) is 7.71. The van der Waals surface area contributed by atoms with Crippen LogP contribution in [0, 0.1) is 5.41 Å². The number of aldehydes is 1. The normalized spacial score (nSPS) is 29.2. The van der Waals surface area contributed by atoms with E-state index in [1.54, 1.807) is 4.90 Å². The van der Waals surface area contributed by atoms with Crippen LogP contribution in [0.15, 0.2) is 0 Å². The molecule has 0 aliphatic carbocycles. The molecule has 0 N–H and O–H groups in total. The van der Waals surface area contributed by atoms with Gasteiger partial charge in [0.25, 0.3) is 0 Å². The predicted molar refractivity (Wildman–Crippen MR) is 65.8 cm³/mol. The third kappa shape index (κ3) is 3.45. The minimum Gasteiger partial charge on any atom is -0.444 e. The number of hydrogen-bond acceptors (Lipinski definition) is 3. The van der Waals surface area contributed by atoms with Crippen molar-refractivity contribution in [3.8, 4) is 0 Å². The number of likely N-dealkylation sites (tertiary alicyclic amines) is 1. The molecule has 0 radical (unpaired) electrons. The van der Waals surface area contributed by atoms with Crippen LogP contribution in [-0.2, 0) is 9.53 Å². The number of carbonyl (C=O) groups excluding carboxylic acids is 2. The van der Waals surface area contributed by atoms with Crippen molar-refractivity contribution < 1.29 is 14.3 Å². The van der Waals surface area contributed by atoms with Gasteiger partial charge in [0.15, 0.2) is 0 Å². The molecule has 4 nitrogen and oxygen atoms in total. The van der Waals surface area contributed by atoms with E-state index in [2.05, 4.69) is 13.8 Å². The van der Waals surface area contributed by atoms with Crippen LogP contribution in [0.1, 0.15) is 47.5 Å². The van der Waals surface area contributed by atoms with Crippen LogP contribution in [-0.4, -0.2) is 35.5 Å². The van der Waals surface area contributed by atoms with E-state index in [-0.39, 0.29) is 17.6 Å². The van der Waals surface area contributed by atoms with E-state index in [1.807, 2.05) is 20.8 Å². The van der Waals surface area contributed by atoms with E-state index < -0.39 is 5.60 Å². The lowest BCUT2D eigenvalue weighted by molar-refractivity contribution is -0.111. The highest BCUT2D eigenvalue weighted by molar-refractivity contribution is 5.74. The zero-order chi connectivity index (χ0) is 13.3. The molecule has 1 aliphatic heterocycles. The Bertz CT molecular complexity index is 308. The van der Waals surface area contributed by atoms with E-state index in [4.69, 9.17) is 4.74 Å². The summed E-state index contributed by atoms with van der Waals surface area (Å²) in [5.74, 6) is 0. The van der Waals surface area contributed by atoms with Gasteiger partial charge in [0.1, 0.15) is 11.9 Å². The fourth-order valence-corrected chi connectivity index (χ4v) is 2.11. The summed E-state index contributed by atoms with van der Waals surface area (Å²) < 4.78 is 5.32. The van der Waals surface area contributed by atoms with Crippen LogP contribution in [0.2, 0.25) is 0 Å². The Morgan fingerprint density at radius 2 is 2.12 bits per heavy atom. The predicted octanol–water partition coefficient (Wildman–Crippen LogP) is 2.61. The highest BCUT2D eigenvalue weighted by Crippen LogP contribution is 2.37. The number of carbonyl (C=O) groups is 2. The number of hydrogen-bond donors (Lipinski definition) is 0. The topological polar surface area (TPSA) is 46.6 Å². The summed E-state index contributed by atoms with van der Waals surface area (Å²) in [6.07, 6.45) is 2.15. The zero-order valence-electron chi connectivity index (χ0n) is 11.4. The minimum absolute atomic E-state index is 0.0302. The molecular weight excluding hydrogens is 218 g/mol. The number of amides is 1. The monoisotopic (exact) mass is 241 g/mol. The Morgan fingerprint density at radius 1 is 1.53 bits per heavy atom. The van der Waals surface area contributed by atoms with Crippen LogP contribution < -0.4 is 0 Å². The van der Waals surface area contributed by atoms with Gasteiger partial charge in [-0.3, -0.25) is 4.90 Å². The van der Waals surface area contributed by atoms with Crippen molar-refractivity contribution in [1.29, 1.82) is 0 Å². The van der Waals surface area contributed by atoms with Gasteiger partial charge in [-0.25, -0.2) is 4.79 Å². The highest BCUT2D eigenvalue weighted by Gasteiger charge is 2.43. The maximum absolute atomic E-state index is 12.0. The molecule has 1 aliphatic rings. The zero-order valence-corrected chi connectivity index (χ0v) is 11.4. The van der Waals surface area contributed by atoms with Crippen LogP contribution in [0.5, 0.6) is 0 Å². The molecule has 0 aromatic carbocycles. The van der Waals surface area contributed by atoms with Crippen molar-refractivity contribution in [3.63, 3.8) is 0 Å². The average Bonchev–Trinajstić information content (AvgIpc) is 2.54. The Hall–Kier alpha value is -1.06. The van der Waals surface area contributed by atoms with Gasteiger partial charge >= 0.3 is 6.09 Å². The van der Waals surface area contributed by atoms with Crippen molar-refractivity contribution in [1.82, 2.24) is 4.90 Å². The van der Waals surface area contributed by atoms with E-state index in [0.29, 0.717) is 6.54 Å².